The summed E-state index contributed by atoms with van der Waals surface area (Å²) in [6, 6.07) is 1.41. The van der Waals surface area contributed by atoms with Crippen LogP contribution in [0.1, 0.15) is 17.3 Å². The molecule has 1 unspecified atom stereocenters. The van der Waals surface area contributed by atoms with Gasteiger partial charge in [0.05, 0.1) is 7.11 Å². The maximum Gasteiger partial charge on any atom is 0.250 e. The number of ether oxygens (including phenoxy) is 1. The van der Waals surface area contributed by atoms with Crippen molar-refractivity contribution in [2.24, 2.45) is 0 Å². The summed E-state index contributed by atoms with van der Waals surface area (Å²) in [6.07, 6.45) is 1.58. The third-order valence-corrected chi connectivity index (χ3v) is 2.01. The molecule has 0 aliphatic carbocycles. The Labute approximate surface area is 78.9 Å². The molecule has 0 amide bonds. The highest BCUT2D eigenvalue weighted by molar-refractivity contribution is 9.09. The molecule has 0 fully saturated rings. The second kappa shape index (κ2) is 3.85. The van der Waals surface area contributed by atoms with Gasteiger partial charge in [0, 0.05) is 11.0 Å². The van der Waals surface area contributed by atoms with E-state index in [9.17, 15) is 4.39 Å². The zero-order valence-corrected chi connectivity index (χ0v) is 8.43. The number of hydrogen-bond donors (Lipinski definition) is 0. The Morgan fingerprint density at radius 1 is 1.67 bits per heavy atom. The lowest BCUT2D eigenvalue weighted by molar-refractivity contribution is 0.368. The van der Waals surface area contributed by atoms with Crippen LogP contribution in [-0.4, -0.2) is 12.1 Å². The monoisotopic (exact) mass is 233 g/mol. The van der Waals surface area contributed by atoms with Gasteiger partial charge in [-0.3, -0.25) is 0 Å². The van der Waals surface area contributed by atoms with E-state index in [1.807, 2.05) is 6.92 Å². The first kappa shape index (κ1) is 9.45. The highest BCUT2D eigenvalue weighted by Crippen LogP contribution is 2.23. The molecule has 0 saturated heterocycles. The van der Waals surface area contributed by atoms with Crippen LogP contribution in [0.3, 0.4) is 0 Å². The zero-order chi connectivity index (χ0) is 9.14. The smallest absolute Gasteiger partial charge is 0.250 e. The van der Waals surface area contributed by atoms with Crippen LogP contribution < -0.4 is 4.74 Å². The molecule has 0 aromatic carbocycles. The molecule has 1 atom stereocenters. The van der Waals surface area contributed by atoms with E-state index < -0.39 is 5.82 Å². The van der Waals surface area contributed by atoms with Crippen molar-refractivity contribution >= 4 is 15.9 Å². The molecule has 0 bridgehead atoms. The third-order valence-electron chi connectivity index (χ3n) is 1.48. The van der Waals surface area contributed by atoms with Crippen LogP contribution in [-0.2, 0) is 0 Å². The fraction of sp³-hybridized carbons (Fsp3) is 0.375. The molecule has 0 aliphatic heterocycles. The van der Waals surface area contributed by atoms with E-state index in [1.54, 1.807) is 6.20 Å². The predicted octanol–water partition coefficient (Wildman–Crippen LogP) is 2.69. The number of nitrogens with zero attached hydrogens (tertiary/aromatic N) is 1. The van der Waals surface area contributed by atoms with Crippen LogP contribution in [0.5, 0.6) is 5.88 Å². The van der Waals surface area contributed by atoms with Gasteiger partial charge in [-0.05, 0) is 18.6 Å². The number of methoxy groups -OCH3 is 1. The largest absolute Gasteiger partial charge is 0.479 e. The SMILES string of the molecule is COc1ncc(C(C)Br)cc1F. The summed E-state index contributed by atoms with van der Waals surface area (Å²) in [6.45, 7) is 1.91. The summed E-state index contributed by atoms with van der Waals surface area (Å²) < 4.78 is 17.7. The van der Waals surface area contributed by atoms with Gasteiger partial charge in [0.25, 0.3) is 0 Å². The van der Waals surface area contributed by atoms with Crippen molar-refractivity contribution in [3.8, 4) is 5.88 Å². The average molecular weight is 234 g/mol. The lowest BCUT2D eigenvalue weighted by atomic mass is 10.2. The van der Waals surface area contributed by atoms with Crippen LogP contribution >= 0.6 is 15.9 Å². The Kier molecular flexibility index (Phi) is 3.03. The Bertz CT molecular complexity index is 278. The molecular formula is C8H9BrFNO. The van der Waals surface area contributed by atoms with E-state index >= 15 is 0 Å². The van der Waals surface area contributed by atoms with Crippen LogP contribution in [0.2, 0.25) is 0 Å². The standard InChI is InChI=1S/C8H9BrFNO/c1-5(9)6-3-7(10)8(12-2)11-4-6/h3-5H,1-2H3. The van der Waals surface area contributed by atoms with Crippen molar-refractivity contribution < 1.29 is 9.13 Å². The maximum absolute atomic E-state index is 13.0. The minimum absolute atomic E-state index is 0.0342. The lowest BCUT2D eigenvalue weighted by Gasteiger charge is -2.04. The molecule has 0 saturated carbocycles. The molecule has 2 nitrogen and oxygen atoms in total. The highest BCUT2D eigenvalue weighted by Gasteiger charge is 2.07. The molecule has 1 heterocycles. The predicted molar refractivity (Wildman–Crippen MR) is 48.1 cm³/mol. The molecule has 1 aromatic rings. The summed E-state index contributed by atoms with van der Waals surface area (Å²) in [5.74, 6) is -0.395. The van der Waals surface area contributed by atoms with Gasteiger partial charge in [-0.15, -0.1) is 0 Å². The van der Waals surface area contributed by atoms with Gasteiger partial charge in [-0.1, -0.05) is 15.9 Å². The van der Waals surface area contributed by atoms with Gasteiger partial charge < -0.3 is 4.74 Å². The average Bonchev–Trinajstić information content (AvgIpc) is 2.04. The fourth-order valence-electron chi connectivity index (χ4n) is 0.808. The first-order valence-electron chi connectivity index (χ1n) is 3.48. The summed E-state index contributed by atoms with van der Waals surface area (Å²) >= 11 is 3.32. The summed E-state index contributed by atoms with van der Waals surface area (Å²) in [4.78, 5) is 3.89. The molecule has 66 valence electrons. The van der Waals surface area contributed by atoms with Gasteiger partial charge in [0.2, 0.25) is 5.88 Å². The lowest BCUT2D eigenvalue weighted by Crippen LogP contribution is -1.94. The Morgan fingerprint density at radius 3 is 2.75 bits per heavy atom. The zero-order valence-electron chi connectivity index (χ0n) is 6.84. The number of halogens is 2. The van der Waals surface area contributed by atoms with E-state index in [4.69, 9.17) is 0 Å². The Morgan fingerprint density at radius 2 is 2.33 bits per heavy atom. The van der Waals surface area contributed by atoms with Crippen molar-refractivity contribution in [2.75, 3.05) is 7.11 Å². The van der Waals surface area contributed by atoms with Crippen molar-refractivity contribution in [3.63, 3.8) is 0 Å². The first-order chi connectivity index (χ1) is 5.65. The van der Waals surface area contributed by atoms with Gasteiger partial charge in [0.1, 0.15) is 0 Å². The molecule has 1 aromatic heterocycles. The van der Waals surface area contributed by atoms with E-state index in [-0.39, 0.29) is 10.7 Å². The molecule has 4 heteroatoms. The number of aromatic nitrogens is 1. The quantitative estimate of drug-likeness (QED) is 0.734. The molecule has 0 radical (unpaired) electrons. The van der Waals surface area contributed by atoms with Crippen LogP contribution in [0.4, 0.5) is 4.39 Å². The summed E-state index contributed by atoms with van der Waals surface area (Å²) in [5.41, 5.74) is 0.799. The van der Waals surface area contributed by atoms with E-state index in [0.717, 1.165) is 5.56 Å². The van der Waals surface area contributed by atoms with Crippen molar-refractivity contribution in [1.29, 1.82) is 0 Å². The van der Waals surface area contributed by atoms with E-state index in [2.05, 4.69) is 25.7 Å². The molecular weight excluding hydrogens is 225 g/mol. The van der Waals surface area contributed by atoms with Crippen LogP contribution in [0, 0.1) is 5.82 Å². The first-order valence-corrected chi connectivity index (χ1v) is 4.40. The molecule has 0 spiro atoms. The van der Waals surface area contributed by atoms with Crippen LogP contribution in [0.15, 0.2) is 12.3 Å². The molecule has 0 aliphatic rings. The molecule has 0 N–H and O–H groups in total. The van der Waals surface area contributed by atoms with Crippen molar-refractivity contribution in [2.45, 2.75) is 11.8 Å². The van der Waals surface area contributed by atoms with E-state index in [1.165, 1.54) is 13.2 Å². The third kappa shape index (κ3) is 1.94. The van der Waals surface area contributed by atoms with Gasteiger partial charge in [-0.2, -0.15) is 0 Å². The number of alkyl halides is 1. The fourth-order valence-corrected chi connectivity index (χ4v) is 1.06. The van der Waals surface area contributed by atoms with Gasteiger partial charge in [-0.25, -0.2) is 9.37 Å². The molecule has 12 heavy (non-hydrogen) atoms. The second-order valence-electron chi connectivity index (χ2n) is 2.38. The number of hydrogen-bond acceptors (Lipinski definition) is 2. The minimum Gasteiger partial charge on any atom is -0.479 e. The minimum atomic E-state index is -0.429. The Balaban J connectivity index is 3.02. The van der Waals surface area contributed by atoms with Crippen molar-refractivity contribution in [3.05, 3.63) is 23.6 Å². The normalized spacial score (nSPS) is 12.7. The second-order valence-corrected chi connectivity index (χ2v) is 3.75. The highest BCUT2D eigenvalue weighted by atomic mass is 79.9. The molecule has 1 rings (SSSR count). The number of rotatable bonds is 2. The van der Waals surface area contributed by atoms with Gasteiger partial charge >= 0.3 is 0 Å². The van der Waals surface area contributed by atoms with Gasteiger partial charge in [0.15, 0.2) is 5.82 Å². The van der Waals surface area contributed by atoms with E-state index in [0.29, 0.717) is 0 Å². The summed E-state index contributed by atoms with van der Waals surface area (Å²) in [5, 5.41) is 0. The topological polar surface area (TPSA) is 22.1 Å². The van der Waals surface area contributed by atoms with Crippen LogP contribution in [0.25, 0.3) is 0 Å². The number of pyridine rings is 1. The summed E-state index contributed by atoms with van der Waals surface area (Å²) in [7, 11) is 1.39. The maximum atomic E-state index is 13.0. The Hall–Kier alpha value is -0.640. The van der Waals surface area contributed by atoms with Crippen molar-refractivity contribution in [1.82, 2.24) is 4.98 Å².